The minimum Gasteiger partial charge on any atom is -0.338 e. The van der Waals surface area contributed by atoms with Gasteiger partial charge in [-0.05, 0) is 76.5 Å². The van der Waals surface area contributed by atoms with Crippen LogP contribution in [0.5, 0.6) is 0 Å². The molecule has 158 valence electrons. The van der Waals surface area contributed by atoms with Crippen molar-refractivity contribution in [1.82, 2.24) is 14.7 Å². The number of hydrogen-bond donors (Lipinski definition) is 0. The zero-order valence-corrected chi connectivity index (χ0v) is 16.8. The Morgan fingerprint density at radius 3 is 2.62 bits per heavy atom. The smallest absolute Gasteiger partial charge is 0.338 e. The van der Waals surface area contributed by atoms with E-state index in [0.29, 0.717) is 11.6 Å². The number of carbonyl (C=O) groups is 1. The van der Waals surface area contributed by atoms with Crippen molar-refractivity contribution in [2.45, 2.75) is 55.9 Å². The second-order valence-corrected chi connectivity index (χ2v) is 9.28. The molecule has 4 saturated heterocycles. The number of halogens is 3. The van der Waals surface area contributed by atoms with Crippen molar-refractivity contribution >= 4 is 5.91 Å². The first-order chi connectivity index (χ1) is 13.8. The van der Waals surface area contributed by atoms with Gasteiger partial charge >= 0.3 is 6.18 Å². The van der Waals surface area contributed by atoms with Gasteiger partial charge < -0.3 is 9.80 Å². The summed E-state index contributed by atoms with van der Waals surface area (Å²) in [5.41, 5.74) is -0.379. The first kappa shape index (κ1) is 19.4. The van der Waals surface area contributed by atoms with Crippen LogP contribution in [0.25, 0.3) is 0 Å². The third-order valence-corrected chi connectivity index (χ3v) is 7.80. The lowest BCUT2D eigenvalue weighted by Crippen LogP contribution is -2.52. The van der Waals surface area contributed by atoms with Gasteiger partial charge in [0.15, 0.2) is 0 Å². The third kappa shape index (κ3) is 2.92. The molecule has 0 saturated carbocycles. The Bertz CT molecular complexity index is 805. The van der Waals surface area contributed by atoms with Crippen molar-refractivity contribution in [2.75, 3.05) is 33.2 Å². The van der Waals surface area contributed by atoms with E-state index in [0.717, 1.165) is 64.3 Å². The summed E-state index contributed by atoms with van der Waals surface area (Å²) in [5, 5.41) is 0. The van der Waals surface area contributed by atoms with Crippen LogP contribution in [0.1, 0.15) is 49.3 Å². The van der Waals surface area contributed by atoms with Crippen LogP contribution in [0, 0.1) is 5.92 Å². The minimum absolute atomic E-state index is 0.0895. The molecular weight excluding hydrogens is 379 g/mol. The van der Waals surface area contributed by atoms with Crippen LogP contribution in [0.15, 0.2) is 24.3 Å². The highest BCUT2D eigenvalue weighted by atomic mass is 19.4. The third-order valence-electron chi connectivity index (χ3n) is 7.80. The molecule has 1 aromatic carbocycles. The van der Waals surface area contributed by atoms with Crippen LogP contribution in [-0.2, 0) is 11.0 Å². The molecule has 0 radical (unpaired) electrons. The highest BCUT2D eigenvalue weighted by molar-refractivity contribution is 5.90. The Morgan fingerprint density at radius 2 is 1.90 bits per heavy atom. The quantitative estimate of drug-likeness (QED) is 0.750. The van der Waals surface area contributed by atoms with E-state index in [1.54, 1.807) is 6.07 Å². The highest BCUT2D eigenvalue weighted by Gasteiger charge is 2.65. The van der Waals surface area contributed by atoms with E-state index in [4.69, 9.17) is 0 Å². The summed E-state index contributed by atoms with van der Waals surface area (Å²) in [7, 11) is 2.12. The predicted octanol–water partition coefficient (Wildman–Crippen LogP) is 3.54. The maximum Gasteiger partial charge on any atom is 0.416 e. The van der Waals surface area contributed by atoms with Crippen LogP contribution in [0.4, 0.5) is 13.2 Å². The SMILES string of the molecule is CN1CCC(N2C[C@@H]3C[C@@H](c4cccc(C(F)(F)F)c4)N4CCC[C@@]34C2=O)CC1. The van der Waals surface area contributed by atoms with Crippen LogP contribution in [-0.4, -0.2) is 65.4 Å². The molecule has 0 aromatic heterocycles. The normalized spacial score (nSPS) is 34.1. The molecule has 0 bridgehead atoms. The first-order valence-electron chi connectivity index (χ1n) is 10.7. The summed E-state index contributed by atoms with van der Waals surface area (Å²) in [5.74, 6) is 0.459. The van der Waals surface area contributed by atoms with Crippen LogP contribution < -0.4 is 0 Å². The molecule has 4 heterocycles. The largest absolute Gasteiger partial charge is 0.416 e. The minimum atomic E-state index is -4.34. The molecule has 5 rings (SSSR count). The molecule has 0 N–H and O–H groups in total. The van der Waals surface area contributed by atoms with Gasteiger partial charge in [0.1, 0.15) is 5.54 Å². The van der Waals surface area contributed by atoms with Gasteiger partial charge in [0.2, 0.25) is 5.91 Å². The maximum atomic E-state index is 13.7. The van der Waals surface area contributed by atoms with Crippen molar-refractivity contribution in [3.05, 3.63) is 35.4 Å². The van der Waals surface area contributed by atoms with Crippen molar-refractivity contribution < 1.29 is 18.0 Å². The standard InChI is InChI=1S/C22H28F3N3O/c1-26-10-6-18(7-11-26)27-14-17-13-19(28-9-3-8-21(17,28)20(27)29)15-4-2-5-16(12-15)22(23,24)25/h2,4-5,12,17-19H,3,6-11,13-14H2,1H3/t17-,19-,21-/m0/s1. The Kier molecular flexibility index (Phi) is 4.48. The lowest BCUT2D eigenvalue weighted by molar-refractivity contribution is -0.140. The van der Waals surface area contributed by atoms with Gasteiger partial charge in [0, 0.05) is 24.5 Å². The Labute approximate surface area is 169 Å². The molecule has 7 heteroatoms. The molecule has 4 fully saturated rings. The number of nitrogens with zero attached hydrogens (tertiary/aromatic N) is 3. The number of carbonyl (C=O) groups excluding carboxylic acids is 1. The van der Waals surface area contributed by atoms with Crippen LogP contribution >= 0.6 is 0 Å². The van der Waals surface area contributed by atoms with E-state index in [-0.39, 0.29) is 17.9 Å². The molecule has 4 nitrogen and oxygen atoms in total. The Morgan fingerprint density at radius 1 is 1.14 bits per heavy atom. The van der Waals surface area contributed by atoms with Gasteiger partial charge in [-0.1, -0.05) is 12.1 Å². The number of likely N-dealkylation sites (tertiary alicyclic amines) is 2. The molecule has 1 amide bonds. The monoisotopic (exact) mass is 407 g/mol. The molecule has 29 heavy (non-hydrogen) atoms. The van der Waals surface area contributed by atoms with E-state index in [1.807, 2.05) is 0 Å². The molecule has 0 aliphatic carbocycles. The second kappa shape index (κ2) is 6.71. The lowest BCUT2D eigenvalue weighted by Gasteiger charge is -2.38. The summed E-state index contributed by atoms with van der Waals surface area (Å²) in [6, 6.07) is 5.94. The van der Waals surface area contributed by atoms with Gasteiger partial charge in [-0.2, -0.15) is 13.2 Å². The van der Waals surface area contributed by atoms with Crippen molar-refractivity contribution in [3.63, 3.8) is 0 Å². The fourth-order valence-corrected chi connectivity index (χ4v) is 6.39. The molecule has 0 unspecified atom stereocenters. The number of alkyl halides is 3. The number of rotatable bonds is 2. The molecule has 3 atom stereocenters. The highest BCUT2D eigenvalue weighted by Crippen LogP contribution is 2.56. The van der Waals surface area contributed by atoms with Gasteiger partial charge in [0.25, 0.3) is 0 Å². The molecule has 4 aliphatic heterocycles. The predicted molar refractivity (Wildman–Crippen MR) is 103 cm³/mol. The van der Waals surface area contributed by atoms with Gasteiger partial charge in [-0.3, -0.25) is 9.69 Å². The number of piperidine rings is 1. The summed E-state index contributed by atoms with van der Waals surface area (Å²) >= 11 is 0. The summed E-state index contributed by atoms with van der Waals surface area (Å²) < 4.78 is 39.7. The Hall–Kier alpha value is -1.60. The van der Waals surface area contributed by atoms with E-state index >= 15 is 0 Å². The molecule has 1 aromatic rings. The van der Waals surface area contributed by atoms with Gasteiger partial charge in [0.05, 0.1) is 5.56 Å². The second-order valence-electron chi connectivity index (χ2n) is 9.28. The molecule has 4 aliphatic rings. The van der Waals surface area contributed by atoms with Crippen LogP contribution in [0.3, 0.4) is 0 Å². The summed E-state index contributed by atoms with van der Waals surface area (Å²) in [6.07, 6.45) is 0.252. The van der Waals surface area contributed by atoms with E-state index in [9.17, 15) is 18.0 Å². The van der Waals surface area contributed by atoms with Crippen LogP contribution in [0.2, 0.25) is 0 Å². The van der Waals surface area contributed by atoms with Crippen molar-refractivity contribution in [1.29, 1.82) is 0 Å². The first-order valence-corrected chi connectivity index (χ1v) is 10.7. The zero-order chi connectivity index (χ0) is 20.4. The average molecular weight is 407 g/mol. The van der Waals surface area contributed by atoms with Crippen molar-refractivity contribution in [3.8, 4) is 0 Å². The average Bonchev–Trinajstić information content (AvgIpc) is 3.32. The fraction of sp³-hybridized carbons (Fsp3) is 0.682. The molecule has 1 spiro atoms. The van der Waals surface area contributed by atoms with E-state index in [2.05, 4.69) is 21.7 Å². The fourth-order valence-electron chi connectivity index (χ4n) is 6.39. The summed E-state index contributed by atoms with van der Waals surface area (Å²) in [6.45, 7) is 3.59. The topological polar surface area (TPSA) is 26.8 Å². The number of hydrogen-bond acceptors (Lipinski definition) is 3. The van der Waals surface area contributed by atoms with Gasteiger partial charge in [-0.15, -0.1) is 0 Å². The van der Waals surface area contributed by atoms with Gasteiger partial charge in [-0.25, -0.2) is 0 Å². The maximum absolute atomic E-state index is 13.7. The van der Waals surface area contributed by atoms with E-state index in [1.165, 1.54) is 12.1 Å². The molecular formula is C22H28F3N3O. The lowest BCUT2D eigenvalue weighted by atomic mass is 9.85. The number of benzene rings is 1. The summed E-state index contributed by atoms with van der Waals surface area (Å²) in [4.78, 5) is 20.3. The number of amides is 1. The van der Waals surface area contributed by atoms with E-state index < -0.39 is 17.3 Å². The zero-order valence-electron chi connectivity index (χ0n) is 16.8. The van der Waals surface area contributed by atoms with Crippen molar-refractivity contribution in [2.24, 2.45) is 5.92 Å². The Balaban J connectivity index is 1.42.